The number of hydrogen-bond donors (Lipinski definition) is 0. The minimum absolute atomic E-state index is 0.00236. The minimum Gasteiger partial charge on any atom is -0.334 e. The van der Waals surface area contributed by atoms with Crippen LogP contribution in [0.15, 0.2) is 18.5 Å². The van der Waals surface area contributed by atoms with Crippen molar-refractivity contribution in [3.8, 4) is 11.5 Å². The van der Waals surface area contributed by atoms with E-state index in [0.717, 1.165) is 43.0 Å². The highest BCUT2D eigenvalue weighted by Gasteiger charge is 2.30. The molecule has 6 nitrogen and oxygen atoms in total. The van der Waals surface area contributed by atoms with Crippen molar-refractivity contribution in [3.05, 3.63) is 30.0 Å². The fourth-order valence-corrected chi connectivity index (χ4v) is 3.32. The van der Waals surface area contributed by atoms with Gasteiger partial charge in [-0.1, -0.05) is 13.8 Å². The molecule has 2 aromatic rings. The Bertz CT molecular complexity index is 737. The molecule has 1 unspecified atom stereocenters. The van der Waals surface area contributed by atoms with E-state index < -0.39 is 0 Å². The molecule has 1 aliphatic rings. The number of imidazole rings is 1. The van der Waals surface area contributed by atoms with Crippen LogP contribution < -0.4 is 0 Å². The maximum Gasteiger partial charge on any atom is 0.225 e. The van der Waals surface area contributed by atoms with E-state index in [2.05, 4.69) is 15.0 Å². The molecule has 0 N–H and O–H groups in total. The topological polar surface area (TPSA) is 63.9 Å². The Morgan fingerprint density at radius 2 is 2.08 bits per heavy atom. The number of rotatable bonds is 3. The molecule has 24 heavy (non-hydrogen) atoms. The van der Waals surface area contributed by atoms with E-state index >= 15 is 0 Å². The van der Waals surface area contributed by atoms with Gasteiger partial charge in [-0.25, -0.2) is 15.0 Å². The van der Waals surface area contributed by atoms with E-state index in [1.807, 2.05) is 49.5 Å². The van der Waals surface area contributed by atoms with E-state index in [4.69, 9.17) is 0 Å². The highest BCUT2D eigenvalue weighted by Crippen LogP contribution is 2.32. The third-order valence-corrected chi connectivity index (χ3v) is 4.53. The normalized spacial score (nSPS) is 18.2. The van der Waals surface area contributed by atoms with Crippen molar-refractivity contribution < 1.29 is 4.79 Å². The van der Waals surface area contributed by atoms with Gasteiger partial charge in [0.15, 0.2) is 5.82 Å². The second-order valence-corrected chi connectivity index (χ2v) is 6.78. The Labute approximate surface area is 142 Å². The largest absolute Gasteiger partial charge is 0.334 e. The predicted molar refractivity (Wildman–Crippen MR) is 92.1 cm³/mol. The minimum atomic E-state index is 0.00236. The zero-order valence-corrected chi connectivity index (χ0v) is 14.9. The third-order valence-electron chi connectivity index (χ3n) is 4.53. The van der Waals surface area contributed by atoms with Crippen molar-refractivity contribution in [1.29, 1.82) is 0 Å². The van der Waals surface area contributed by atoms with Gasteiger partial charge < -0.3 is 9.47 Å². The van der Waals surface area contributed by atoms with Crippen LogP contribution >= 0.6 is 0 Å². The lowest BCUT2D eigenvalue weighted by atomic mass is 9.97. The number of piperidine rings is 1. The zero-order valence-electron chi connectivity index (χ0n) is 14.9. The van der Waals surface area contributed by atoms with Gasteiger partial charge >= 0.3 is 0 Å². The quantitative estimate of drug-likeness (QED) is 0.869. The highest BCUT2D eigenvalue weighted by molar-refractivity contribution is 5.78. The summed E-state index contributed by atoms with van der Waals surface area (Å²) in [5.74, 6) is 1.74. The van der Waals surface area contributed by atoms with E-state index in [0.29, 0.717) is 5.82 Å². The summed E-state index contributed by atoms with van der Waals surface area (Å²) in [4.78, 5) is 28.2. The van der Waals surface area contributed by atoms with Gasteiger partial charge in [0.1, 0.15) is 11.5 Å². The number of carbonyl (C=O) groups excluding carboxylic acids is 1. The van der Waals surface area contributed by atoms with Crippen molar-refractivity contribution in [2.45, 2.75) is 46.1 Å². The van der Waals surface area contributed by atoms with Crippen LogP contribution in [0.1, 0.15) is 50.7 Å². The molecule has 0 aromatic carbocycles. The summed E-state index contributed by atoms with van der Waals surface area (Å²) in [5, 5.41) is 0. The van der Waals surface area contributed by atoms with E-state index in [1.165, 1.54) is 0 Å². The molecule has 0 aliphatic carbocycles. The van der Waals surface area contributed by atoms with Gasteiger partial charge in [-0.15, -0.1) is 0 Å². The molecular weight excluding hydrogens is 302 g/mol. The maximum atomic E-state index is 12.6. The number of aromatic nitrogens is 4. The van der Waals surface area contributed by atoms with Gasteiger partial charge in [-0.05, 0) is 32.3 Å². The van der Waals surface area contributed by atoms with Crippen LogP contribution in [0, 0.1) is 12.8 Å². The molecule has 0 radical (unpaired) electrons. The molecule has 1 aliphatic heterocycles. The molecule has 3 rings (SSSR count). The summed E-state index contributed by atoms with van der Waals surface area (Å²) in [5.41, 5.74) is 1.74. The monoisotopic (exact) mass is 327 g/mol. The second-order valence-electron chi connectivity index (χ2n) is 6.78. The van der Waals surface area contributed by atoms with Crippen LogP contribution in [-0.2, 0) is 11.8 Å². The summed E-state index contributed by atoms with van der Waals surface area (Å²) in [6, 6.07) is 2.03. The first kappa shape index (κ1) is 16.6. The number of likely N-dealkylation sites (tertiary alicyclic amines) is 1. The summed E-state index contributed by atoms with van der Waals surface area (Å²) < 4.78 is 1.95. The molecule has 1 fully saturated rings. The van der Waals surface area contributed by atoms with Gasteiger partial charge in [-0.2, -0.15) is 0 Å². The van der Waals surface area contributed by atoms with E-state index in [1.54, 1.807) is 6.20 Å². The third kappa shape index (κ3) is 3.18. The molecule has 0 saturated carbocycles. The standard InChI is InChI=1S/C18H25N5O/c1-12(2)18(24)23-9-6-5-7-16(23)14-11-15(21-13(3)20-14)17-19-8-10-22(17)4/h8,10-12,16H,5-7,9H2,1-4H3. The predicted octanol–water partition coefficient (Wildman–Crippen LogP) is 2.90. The van der Waals surface area contributed by atoms with E-state index in [9.17, 15) is 4.79 Å². The number of aryl methyl sites for hydroxylation is 2. The fraction of sp³-hybridized carbons (Fsp3) is 0.556. The average molecular weight is 327 g/mol. The summed E-state index contributed by atoms with van der Waals surface area (Å²) in [6.45, 7) is 6.62. The lowest BCUT2D eigenvalue weighted by Crippen LogP contribution is -2.41. The smallest absolute Gasteiger partial charge is 0.225 e. The van der Waals surface area contributed by atoms with Gasteiger partial charge in [0.25, 0.3) is 0 Å². The Hall–Kier alpha value is -2.24. The zero-order chi connectivity index (χ0) is 17.3. The Morgan fingerprint density at radius 1 is 1.29 bits per heavy atom. The lowest BCUT2D eigenvalue weighted by Gasteiger charge is -2.36. The van der Waals surface area contributed by atoms with Crippen LogP contribution in [0.2, 0.25) is 0 Å². The number of hydrogen-bond acceptors (Lipinski definition) is 4. The second kappa shape index (κ2) is 6.71. The number of amides is 1. The van der Waals surface area contributed by atoms with Crippen molar-refractivity contribution in [1.82, 2.24) is 24.4 Å². The summed E-state index contributed by atoms with van der Waals surface area (Å²) in [7, 11) is 1.95. The highest BCUT2D eigenvalue weighted by atomic mass is 16.2. The van der Waals surface area contributed by atoms with Gasteiger partial charge in [-0.3, -0.25) is 4.79 Å². The molecule has 128 valence electrons. The van der Waals surface area contributed by atoms with Crippen molar-refractivity contribution in [2.24, 2.45) is 13.0 Å². The molecule has 1 amide bonds. The summed E-state index contributed by atoms with van der Waals surface area (Å²) >= 11 is 0. The fourth-order valence-electron chi connectivity index (χ4n) is 3.32. The van der Waals surface area contributed by atoms with Crippen molar-refractivity contribution in [3.63, 3.8) is 0 Å². The average Bonchev–Trinajstić information content (AvgIpc) is 2.99. The molecule has 6 heteroatoms. The van der Waals surface area contributed by atoms with Gasteiger partial charge in [0, 0.05) is 31.9 Å². The van der Waals surface area contributed by atoms with Crippen LogP contribution in [0.3, 0.4) is 0 Å². The Kier molecular flexibility index (Phi) is 4.64. The Morgan fingerprint density at radius 3 is 2.75 bits per heavy atom. The first-order chi connectivity index (χ1) is 11.5. The Balaban J connectivity index is 1.99. The number of nitrogens with zero attached hydrogens (tertiary/aromatic N) is 5. The van der Waals surface area contributed by atoms with Crippen LogP contribution in [0.25, 0.3) is 11.5 Å². The van der Waals surface area contributed by atoms with Crippen LogP contribution in [0.5, 0.6) is 0 Å². The molecule has 1 saturated heterocycles. The maximum absolute atomic E-state index is 12.6. The SMILES string of the molecule is Cc1nc(-c2nccn2C)cc(C2CCCCN2C(=O)C(C)C)n1. The first-order valence-corrected chi connectivity index (χ1v) is 8.61. The van der Waals surface area contributed by atoms with Gasteiger partial charge in [0.05, 0.1) is 11.7 Å². The van der Waals surface area contributed by atoms with Crippen molar-refractivity contribution in [2.75, 3.05) is 6.54 Å². The van der Waals surface area contributed by atoms with E-state index in [-0.39, 0.29) is 17.9 Å². The molecule has 2 aromatic heterocycles. The molecule has 0 spiro atoms. The molecule has 1 atom stereocenters. The molecule has 0 bridgehead atoms. The van der Waals surface area contributed by atoms with Crippen LogP contribution in [-0.4, -0.2) is 36.9 Å². The van der Waals surface area contributed by atoms with Crippen LogP contribution in [0.4, 0.5) is 0 Å². The number of carbonyl (C=O) groups is 1. The lowest BCUT2D eigenvalue weighted by molar-refractivity contribution is -0.138. The first-order valence-electron chi connectivity index (χ1n) is 8.61. The van der Waals surface area contributed by atoms with Crippen molar-refractivity contribution >= 4 is 5.91 Å². The summed E-state index contributed by atoms with van der Waals surface area (Å²) in [6.07, 6.45) is 6.80. The molecular formula is C18H25N5O. The van der Waals surface area contributed by atoms with Gasteiger partial charge in [0.2, 0.25) is 5.91 Å². The molecule has 3 heterocycles.